The standard InChI is InChI=1S/C14H21N/c1-10-8-15(9-10)13(4)14-7-5-6-11(2)12(14)3/h5-7,10,13H,8-9H2,1-4H3. The SMILES string of the molecule is Cc1cccc(C(C)N2CC(C)C2)c1C. The van der Waals surface area contributed by atoms with Crippen LogP contribution >= 0.6 is 0 Å². The van der Waals surface area contributed by atoms with Crippen LogP contribution in [0.15, 0.2) is 18.2 Å². The molecular weight excluding hydrogens is 182 g/mol. The molecule has 82 valence electrons. The summed E-state index contributed by atoms with van der Waals surface area (Å²) < 4.78 is 0. The van der Waals surface area contributed by atoms with Gasteiger partial charge in [-0.15, -0.1) is 0 Å². The van der Waals surface area contributed by atoms with Crippen molar-refractivity contribution < 1.29 is 0 Å². The fourth-order valence-electron chi connectivity index (χ4n) is 2.49. The van der Waals surface area contributed by atoms with Crippen molar-refractivity contribution in [3.63, 3.8) is 0 Å². The number of nitrogens with zero attached hydrogens (tertiary/aromatic N) is 1. The van der Waals surface area contributed by atoms with Gasteiger partial charge in [0.15, 0.2) is 0 Å². The molecule has 1 aliphatic heterocycles. The van der Waals surface area contributed by atoms with E-state index < -0.39 is 0 Å². The van der Waals surface area contributed by atoms with Gasteiger partial charge in [-0.1, -0.05) is 25.1 Å². The second-order valence-electron chi connectivity index (χ2n) is 5.02. The van der Waals surface area contributed by atoms with E-state index in [0.717, 1.165) is 5.92 Å². The highest BCUT2D eigenvalue weighted by atomic mass is 15.2. The van der Waals surface area contributed by atoms with Gasteiger partial charge in [0.05, 0.1) is 0 Å². The summed E-state index contributed by atoms with van der Waals surface area (Å²) in [5.74, 6) is 0.887. The van der Waals surface area contributed by atoms with E-state index in [9.17, 15) is 0 Å². The zero-order chi connectivity index (χ0) is 11.0. The first-order chi connectivity index (χ1) is 7.09. The summed E-state index contributed by atoms with van der Waals surface area (Å²) in [6.45, 7) is 11.6. The van der Waals surface area contributed by atoms with Crippen LogP contribution < -0.4 is 0 Å². The summed E-state index contributed by atoms with van der Waals surface area (Å²) in [6, 6.07) is 7.23. The zero-order valence-electron chi connectivity index (χ0n) is 10.2. The van der Waals surface area contributed by atoms with E-state index in [1.165, 1.54) is 29.8 Å². The lowest BCUT2D eigenvalue weighted by Crippen LogP contribution is -2.46. The van der Waals surface area contributed by atoms with Crippen molar-refractivity contribution in [2.75, 3.05) is 13.1 Å². The van der Waals surface area contributed by atoms with Gasteiger partial charge in [-0.3, -0.25) is 4.90 Å². The lowest BCUT2D eigenvalue weighted by Gasteiger charge is -2.42. The van der Waals surface area contributed by atoms with Crippen LogP contribution in [-0.2, 0) is 0 Å². The predicted molar refractivity (Wildman–Crippen MR) is 65.1 cm³/mol. The van der Waals surface area contributed by atoms with Crippen molar-refractivity contribution >= 4 is 0 Å². The molecule has 0 spiro atoms. The van der Waals surface area contributed by atoms with Crippen LogP contribution in [0.1, 0.15) is 36.6 Å². The third kappa shape index (κ3) is 1.93. The molecule has 1 nitrogen and oxygen atoms in total. The number of rotatable bonds is 2. The number of hydrogen-bond donors (Lipinski definition) is 0. The molecule has 0 aliphatic carbocycles. The summed E-state index contributed by atoms with van der Waals surface area (Å²) in [5, 5.41) is 0. The van der Waals surface area contributed by atoms with Gasteiger partial charge in [0.2, 0.25) is 0 Å². The molecule has 1 fully saturated rings. The Labute approximate surface area is 93.1 Å². The minimum Gasteiger partial charge on any atom is -0.296 e. The second kappa shape index (κ2) is 3.97. The molecule has 1 saturated heterocycles. The van der Waals surface area contributed by atoms with Crippen molar-refractivity contribution in [2.45, 2.75) is 33.7 Å². The Balaban J connectivity index is 2.18. The molecule has 0 bridgehead atoms. The van der Waals surface area contributed by atoms with Crippen molar-refractivity contribution in [2.24, 2.45) is 5.92 Å². The molecule has 1 atom stereocenters. The van der Waals surface area contributed by atoms with Gasteiger partial charge in [0.25, 0.3) is 0 Å². The Morgan fingerprint density at radius 3 is 2.53 bits per heavy atom. The molecule has 0 N–H and O–H groups in total. The molecule has 1 heteroatoms. The van der Waals surface area contributed by atoms with Crippen molar-refractivity contribution in [1.82, 2.24) is 4.90 Å². The lowest BCUT2D eigenvalue weighted by atomic mass is 9.93. The molecule has 1 unspecified atom stereocenters. The van der Waals surface area contributed by atoms with Crippen LogP contribution in [-0.4, -0.2) is 18.0 Å². The Bertz CT molecular complexity index is 350. The van der Waals surface area contributed by atoms with Crippen LogP contribution in [0.25, 0.3) is 0 Å². The van der Waals surface area contributed by atoms with Gasteiger partial charge in [-0.2, -0.15) is 0 Å². The largest absolute Gasteiger partial charge is 0.296 e. The molecule has 1 heterocycles. The molecule has 1 aliphatic rings. The summed E-state index contributed by atoms with van der Waals surface area (Å²) in [6.07, 6.45) is 0. The third-order valence-electron chi connectivity index (χ3n) is 3.74. The zero-order valence-corrected chi connectivity index (χ0v) is 10.2. The summed E-state index contributed by atoms with van der Waals surface area (Å²) in [7, 11) is 0. The van der Waals surface area contributed by atoms with Crippen LogP contribution in [0.4, 0.5) is 0 Å². The van der Waals surface area contributed by atoms with Gasteiger partial charge in [-0.05, 0) is 43.4 Å². The highest BCUT2D eigenvalue weighted by molar-refractivity contribution is 5.35. The minimum absolute atomic E-state index is 0.584. The molecule has 0 aromatic heterocycles. The Morgan fingerprint density at radius 2 is 1.93 bits per heavy atom. The van der Waals surface area contributed by atoms with Crippen molar-refractivity contribution in [3.05, 3.63) is 34.9 Å². The van der Waals surface area contributed by atoms with E-state index in [1.807, 2.05) is 0 Å². The molecule has 0 radical (unpaired) electrons. The van der Waals surface area contributed by atoms with Crippen molar-refractivity contribution in [3.8, 4) is 0 Å². The van der Waals surface area contributed by atoms with E-state index in [1.54, 1.807) is 0 Å². The molecule has 0 amide bonds. The minimum atomic E-state index is 0.584. The predicted octanol–water partition coefficient (Wildman–Crippen LogP) is 3.32. The molecule has 1 aromatic rings. The quantitative estimate of drug-likeness (QED) is 0.712. The first kappa shape index (κ1) is 10.7. The summed E-state index contributed by atoms with van der Waals surface area (Å²) in [4.78, 5) is 2.56. The number of aryl methyl sites for hydroxylation is 1. The Kier molecular flexibility index (Phi) is 2.83. The van der Waals surface area contributed by atoms with Crippen LogP contribution in [0.2, 0.25) is 0 Å². The van der Waals surface area contributed by atoms with Gasteiger partial charge in [0.1, 0.15) is 0 Å². The number of benzene rings is 1. The highest BCUT2D eigenvalue weighted by Crippen LogP contribution is 2.30. The van der Waals surface area contributed by atoms with Gasteiger partial charge in [-0.25, -0.2) is 0 Å². The topological polar surface area (TPSA) is 3.24 Å². The summed E-state index contributed by atoms with van der Waals surface area (Å²) >= 11 is 0. The van der Waals surface area contributed by atoms with E-state index in [-0.39, 0.29) is 0 Å². The number of likely N-dealkylation sites (tertiary alicyclic amines) is 1. The average Bonchev–Trinajstić information content (AvgIpc) is 2.16. The van der Waals surface area contributed by atoms with E-state index in [0.29, 0.717) is 6.04 Å². The average molecular weight is 203 g/mol. The molecule has 1 aromatic carbocycles. The van der Waals surface area contributed by atoms with Crippen LogP contribution in [0.3, 0.4) is 0 Å². The maximum atomic E-state index is 2.56. The maximum absolute atomic E-state index is 2.56. The molecular formula is C14H21N. The Hall–Kier alpha value is -0.820. The molecule has 2 rings (SSSR count). The fourth-order valence-corrected chi connectivity index (χ4v) is 2.49. The molecule has 0 saturated carbocycles. The second-order valence-corrected chi connectivity index (χ2v) is 5.02. The third-order valence-corrected chi connectivity index (χ3v) is 3.74. The van der Waals surface area contributed by atoms with E-state index in [2.05, 4.69) is 50.8 Å². The Morgan fingerprint density at radius 1 is 1.27 bits per heavy atom. The number of hydrogen-bond acceptors (Lipinski definition) is 1. The normalized spacial score (nSPS) is 20.0. The first-order valence-corrected chi connectivity index (χ1v) is 5.89. The van der Waals surface area contributed by atoms with Crippen LogP contribution in [0, 0.1) is 19.8 Å². The summed E-state index contributed by atoms with van der Waals surface area (Å²) in [5.41, 5.74) is 4.37. The highest BCUT2D eigenvalue weighted by Gasteiger charge is 2.28. The van der Waals surface area contributed by atoms with Gasteiger partial charge >= 0.3 is 0 Å². The first-order valence-electron chi connectivity index (χ1n) is 5.89. The molecule has 15 heavy (non-hydrogen) atoms. The maximum Gasteiger partial charge on any atom is 0.0322 e. The van der Waals surface area contributed by atoms with Gasteiger partial charge in [0, 0.05) is 19.1 Å². The van der Waals surface area contributed by atoms with Crippen molar-refractivity contribution in [1.29, 1.82) is 0 Å². The lowest BCUT2D eigenvalue weighted by molar-refractivity contribution is 0.0699. The smallest absolute Gasteiger partial charge is 0.0322 e. The fraction of sp³-hybridized carbons (Fsp3) is 0.571. The van der Waals surface area contributed by atoms with E-state index in [4.69, 9.17) is 0 Å². The van der Waals surface area contributed by atoms with Crippen LogP contribution in [0.5, 0.6) is 0 Å². The van der Waals surface area contributed by atoms with E-state index >= 15 is 0 Å². The van der Waals surface area contributed by atoms with Gasteiger partial charge < -0.3 is 0 Å². The monoisotopic (exact) mass is 203 g/mol.